The first-order valence-corrected chi connectivity index (χ1v) is 8.59. The summed E-state index contributed by atoms with van der Waals surface area (Å²) >= 11 is 0. The van der Waals surface area contributed by atoms with Gasteiger partial charge in [0.15, 0.2) is 0 Å². The Kier molecular flexibility index (Phi) is 6.75. The van der Waals surface area contributed by atoms with Crippen molar-refractivity contribution < 1.29 is 9.59 Å². The van der Waals surface area contributed by atoms with Gasteiger partial charge in [-0.2, -0.15) is 0 Å². The molecule has 6 nitrogen and oxygen atoms in total. The molecule has 0 radical (unpaired) electrons. The Bertz CT molecular complexity index is 549. The second-order valence-electron chi connectivity index (χ2n) is 6.21. The van der Waals surface area contributed by atoms with E-state index in [1.54, 1.807) is 0 Å². The average Bonchev–Trinajstić information content (AvgIpc) is 3.09. The van der Waals surface area contributed by atoms with Gasteiger partial charge in [-0.3, -0.25) is 19.9 Å². The lowest BCUT2D eigenvalue weighted by Crippen LogP contribution is -2.47. The van der Waals surface area contributed by atoms with Crippen LogP contribution in [0.25, 0.3) is 0 Å². The normalized spacial score (nSPS) is 19.2. The van der Waals surface area contributed by atoms with Gasteiger partial charge in [-0.05, 0) is 25.5 Å². The molecule has 24 heavy (non-hydrogen) atoms. The summed E-state index contributed by atoms with van der Waals surface area (Å²) in [5, 5.41) is 4.73. The summed E-state index contributed by atoms with van der Waals surface area (Å²) in [6.07, 6.45) is 1.04. The van der Waals surface area contributed by atoms with Crippen molar-refractivity contribution in [3.05, 3.63) is 35.9 Å². The van der Waals surface area contributed by atoms with E-state index in [1.807, 2.05) is 6.07 Å². The van der Waals surface area contributed by atoms with Crippen molar-refractivity contribution in [1.29, 1.82) is 0 Å². The molecule has 0 saturated carbocycles. The minimum absolute atomic E-state index is 0.252. The van der Waals surface area contributed by atoms with E-state index in [9.17, 15) is 9.59 Å². The number of hydrogen-bond acceptors (Lipinski definition) is 4. The molecule has 0 aromatic heterocycles. The van der Waals surface area contributed by atoms with Gasteiger partial charge in [0.2, 0.25) is 5.91 Å². The summed E-state index contributed by atoms with van der Waals surface area (Å²) in [4.78, 5) is 27.8. The lowest BCUT2D eigenvalue weighted by atomic mass is 10.1. The molecular weight excluding hydrogens is 304 g/mol. The highest BCUT2D eigenvalue weighted by Gasteiger charge is 2.30. The van der Waals surface area contributed by atoms with Gasteiger partial charge in [0, 0.05) is 32.2 Å². The van der Waals surface area contributed by atoms with Crippen LogP contribution in [0.3, 0.4) is 0 Å². The van der Waals surface area contributed by atoms with Gasteiger partial charge in [-0.25, -0.2) is 4.79 Å². The third-order valence-electron chi connectivity index (χ3n) is 4.77. The third-order valence-corrected chi connectivity index (χ3v) is 4.77. The summed E-state index contributed by atoms with van der Waals surface area (Å²) in [5.74, 6) is -0.259. The average molecular weight is 332 g/mol. The topological polar surface area (TPSA) is 64.7 Å². The van der Waals surface area contributed by atoms with Gasteiger partial charge in [-0.15, -0.1) is 0 Å². The van der Waals surface area contributed by atoms with E-state index in [-0.39, 0.29) is 12.5 Å². The van der Waals surface area contributed by atoms with Crippen molar-refractivity contribution in [2.45, 2.75) is 32.4 Å². The number of imide groups is 1. The summed E-state index contributed by atoms with van der Waals surface area (Å²) in [7, 11) is 1.50. The number of urea groups is 1. The number of hydrogen-bond donors (Lipinski definition) is 2. The molecule has 1 aromatic rings. The maximum atomic E-state index is 11.9. The lowest BCUT2D eigenvalue weighted by Gasteiger charge is -2.29. The van der Waals surface area contributed by atoms with Crippen LogP contribution in [0.1, 0.15) is 31.9 Å². The minimum atomic E-state index is -0.457. The largest absolute Gasteiger partial charge is 0.341 e. The van der Waals surface area contributed by atoms with Gasteiger partial charge in [0.1, 0.15) is 0 Å². The van der Waals surface area contributed by atoms with Gasteiger partial charge in [-0.1, -0.05) is 37.3 Å². The van der Waals surface area contributed by atoms with E-state index in [0.29, 0.717) is 12.1 Å². The molecular formula is C18H28N4O2. The van der Waals surface area contributed by atoms with Crippen LogP contribution in [0.15, 0.2) is 30.3 Å². The SMILES string of the molecule is CCN(CC(=O)NC(=O)NC)[C@H]1CCN([C@H](C)c2ccccc2)C1. The molecule has 1 aliphatic rings. The van der Waals surface area contributed by atoms with Gasteiger partial charge in [0.05, 0.1) is 6.54 Å². The molecule has 0 aliphatic carbocycles. The zero-order valence-electron chi connectivity index (χ0n) is 14.8. The van der Waals surface area contributed by atoms with Crippen molar-refractivity contribution in [3.8, 4) is 0 Å². The number of nitrogens with one attached hydrogen (secondary N) is 2. The van der Waals surface area contributed by atoms with E-state index < -0.39 is 6.03 Å². The van der Waals surface area contributed by atoms with E-state index >= 15 is 0 Å². The molecule has 1 aromatic carbocycles. The highest BCUT2D eigenvalue weighted by molar-refractivity contribution is 5.95. The summed E-state index contributed by atoms with van der Waals surface area (Å²) < 4.78 is 0. The van der Waals surface area contributed by atoms with Gasteiger partial charge < -0.3 is 5.32 Å². The van der Waals surface area contributed by atoms with Crippen molar-refractivity contribution in [2.75, 3.05) is 33.2 Å². The van der Waals surface area contributed by atoms with Crippen LogP contribution in [0.4, 0.5) is 4.79 Å². The monoisotopic (exact) mass is 332 g/mol. The fourth-order valence-electron chi connectivity index (χ4n) is 3.27. The van der Waals surface area contributed by atoms with E-state index in [0.717, 1.165) is 26.1 Å². The first-order valence-electron chi connectivity index (χ1n) is 8.59. The summed E-state index contributed by atoms with van der Waals surface area (Å²) in [5.41, 5.74) is 1.32. The van der Waals surface area contributed by atoms with Crippen molar-refractivity contribution in [1.82, 2.24) is 20.4 Å². The lowest BCUT2D eigenvalue weighted by molar-refractivity contribution is -0.121. The number of carbonyl (C=O) groups excluding carboxylic acids is 2. The summed E-state index contributed by atoms with van der Waals surface area (Å²) in [6.45, 7) is 7.29. The summed E-state index contributed by atoms with van der Waals surface area (Å²) in [6, 6.07) is 10.8. The molecule has 1 heterocycles. The predicted molar refractivity (Wildman–Crippen MR) is 94.7 cm³/mol. The fourth-order valence-corrected chi connectivity index (χ4v) is 3.27. The quantitative estimate of drug-likeness (QED) is 0.830. The second-order valence-corrected chi connectivity index (χ2v) is 6.21. The van der Waals surface area contributed by atoms with Crippen molar-refractivity contribution >= 4 is 11.9 Å². The maximum absolute atomic E-state index is 11.9. The molecule has 2 atom stereocenters. The molecule has 132 valence electrons. The molecule has 1 aliphatic heterocycles. The van der Waals surface area contributed by atoms with Crippen LogP contribution in [-0.2, 0) is 4.79 Å². The Morgan fingerprint density at radius 1 is 1.33 bits per heavy atom. The Morgan fingerprint density at radius 2 is 2.04 bits per heavy atom. The van der Waals surface area contributed by atoms with Gasteiger partial charge in [0.25, 0.3) is 0 Å². The Hall–Kier alpha value is -1.92. The first-order chi connectivity index (χ1) is 11.5. The fraction of sp³-hybridized carbons (Fsp3) is 0.556. The van der Waals surface area contributed by atoms with E-state index in [4.69, 9.17) is 0 Å². The van der Waals surface area contributed by atoms with Crippen LogP contribution in [-0.4, -0.2) is 61.0 Å². The molecule has 0 bridgehead atoms. The molecule has 6 heteroatoms. The predicted octanol–water partition coefficient (Wildman–Crippen LogP) is 1.60. The number of rotatable bonds is 6. The van der Waals surface area contributed by atoms with Gasteiger partial charge >= 0.3 is 6.03 Å². The molecule has 0 spiro atoms. The zero-order chi connectivity index (χ0) is 17.5. The number of likely N-dealkylation sites (N-methyl/N-ethyl adjacent to an activating group) is 1. The zero-order valence-corrected chi connectivity index (χ0v) is 14.8. The van der Waals surface area contributed by atoms with E-state index in [1.165, 1.54) is 12.6 Å². The number of benzene rings is 1. The molecule has 2 N–H and O–H groups in total. The first kappa shape index (κ1) is 18.4. The molecule has 1 saturated heterocycles. The maximum Gasteiger partial charge on any atom is 0.321 e. The molecule has 2 rings (SSSR count). The van der Waals surface area contributed by atoms with Crippen LogP contribution in [0.5, 0.6) is 0 Å². The van der Waals surface area contributed by atoms with Crippen LogP contribution in [0.2, 0.25) is 0 Å². The molecule has 1 fully saturated rings. The minimum Gasteiger partial charge on any atom is -0.341 e. The highest BCUT2D eigenvalue weighted by atomic mass is 16.2. The smallest absolute Gasteiger partial charge is 0.321 e. The van der Waals surface area contributed by atoms with Crippen molar-refractivity contribution in [2.24, 2.45) is 0 Å². The highest BCUT2D eigenvalue weighted by Crippen LogP contribution is 2.26. The third kappa shape index (κ3) is 4.79. The second kappa shape index (κ2) is 8.80. The number of amides is 3. The Balaban J connectivity index is 1.90. The Labute approximate surface area is 144 Å². The molecule has 3 amide bonds. The van der Waals surface area contributed by atoms with Crippen LogP contribution >= 0.6 is 0 Å². The van der Waals surface area contributed by atoms with Crippen LogP contribution < -0.4 is 10.6 Å². The standard InChI is InChI=1S/C18H28N4O2/c1-4-21(13-17(23)20-18(24)19-3)16-10-11-22(12-16)14(2)15-8-6-5-7-9-15/h5-9,14,16H,4,10-13H2,1-3H3,(H2,19,20,23,24)/t14-,16+/m1/s1. The van der Waals surface area contributed by atoms with E-state index in [2.05, 4.69) is 58.5 Å². The van der Waals surface area contributed by atoms with Crippen LogP contribution in [0, 0.1) is 0 Å². The Morgan fingerprint density at radius 3 is 2.67 bits per heavy atom. The number of carbonyl (C=O) groups is 2. The number of nitrogens with zero attached hydrogens (tertiary/aromatic N) is 2. The number of likely N-dealkylation sites (tertiary alicyclic amines) is 1. The van der Waals surface area contributed by atoms with Crippen molar-refractivity contribution in [3.63, 3.8) is 0 Å². The molecule has 0 unspecified atom stereocenters.